The topological polar surface area (TPSA) is 66.5 Å². The van der Waals surface area contributed by atoms with Crippen molar-refractivity contribution in [3.63, 3.8) is 0 Å². The minimum Gasteiger partial charge on any atom is -0.273 e. The summed E-state index contributed by atoms with van der Waals surface area (Å²) in [6.07, 6.45) is 22.0. The Balaban J connectivity index is 1.21. The SMILES string of the molecule is CCCCCCCCCCCCCCCCCCN1C(=O)NC(=O)/C(=C/c2c3ccccc3cc3ccccc23)C1=O. The van der Waals surface area contributed by atoms with E-state index in [-0.39, 0.29) is 5.57 Å². The normalized spacial score (nSPS) is 14.8. The lowest BCUT2D eigenvalue weighted by molar-refractivity contribution is -0.130. The van der Waals surface area contributed by atoms with Gasteiger partial charge in [-0.15, -0.1) is 0 Å². The van der Waals surface area contributed by atoms with E-state index >= 15 is 0 Å². The molecular weight excluding hydrogens is 520 g/mol. The number of amides is 4. The Kier molecular flexibility index (Phi) is 12.6. The first-order valence-corrected chi connectivity index (χ1v) is 16.4. The Bertz CT molecular complexity index is 1320. The fourth-order valence-electron chi connectivity index (χ4n) is 6.06. The molecule has 0 bridgehead atoms. The highest BCUT2D eigenvalue weighted by atomic mass is 16.2. The highest BCUT2D eigenvalue weighted by Crippen LogP contribution is 2.31. The van der Waals surface area contributed by atoms with Crippen LogP contribution in [-0.2, 0) is 9.59 Å². The fourth-order valence-corrected chi connectivity index (χ4v) is 6.06. The van der Waals surface area contributed by atoms with Gasteiger partial charge in [0, 0.05) is 6.54 Å². The molecule has 0 radical (unpaired) electrons. The van der Waals surface area contributed by atoms with Crippen molar-refractivity contribution in [1.82, 2.24) is 10.2 Å². The molecule has 5 heteroatoms. The number of imide groups is 2. The molecule has 224 valence electrons. The van der Waals surface area contributed by atoms with Gasteiger partial charge in [-0.05, 0) is 45.7 Å². The molecule has 1 aliphatic heterocycles. The maximum Gasteiger partial charge on any atom is 0.331 e. The molecule has 1 aliphatic rings. The van der Waals surface area contributed by atoms with E-state index < -0.39 is 17.8 Å². The van der Waals surface area contributed by atoms with Gasteiger partial charge in [0.1, 0.15) is 5.57 Å². The van der Waals surface area contributed by atoms with Crippen molar-refractivity contribution < 1.29 is 14.4 Å². The van der Waals surface area contributed by atoms with Gasteiger partial charge in [0.25, 0.3) is 11.8 Å². The molecule has 4 rings (SSSR count). The number of nitrogens with one attached hydrogen (secondary N) is 1. The number of hydrogen-bond acceptors (Lipinski definition) is 3. The third kappa shape index (κ3) is 8.77. The molecule has 0 aliphatic carbocycles. The Morgan fingerprint density at radius 3 is 1.57 bits per heavy atom. The van der Waals surface area contributed by atoms with Crippen molar-refractivity contribution in [2.24, 2.45) is 0 Å². The molecule has 4 amide bonds. The number of rotatable bonds is 18. The van der Waals surface area contributed by atoms with E-state index in [9.17, 15) is 14.4 Å². The fraction of sp³-hybridized carbons (Fsp3) is 0.486. The van der Waals surface area contributed by atoms with Crippen molar-refractivity contribution in [2.45, 2.75) is 110 Å². The number of hydrogen-bond donors (Lipinski definition) is 1. The van der Waals surface area contributed by atoms with E-state index in [1.54, 1.807) is 6.08 Å². The third-order valence-corrected chi connectivity index (χ3v) is 8.52. The molecule has 0 spiro atoms. The zero-order valence-corrected chi connectivity index (χ0v) is 25.5. The number of barbiturate groups is 1. The average molecular weight is 569 g/mol. The Morgan fingerprint density at radius 1 is 0.619 bits per heavy atom. The monoisotopic (exact) mass is 568 g/mol. The number of benzene rings is 3. The largest absolute Gasteiger partial charge is 0.331 e. The van der Waals surface area contributed by atoms with Gasteiger partial charge < -0.3 is 0 Å². The molecule has 1 fully saturated rings. The summed E-state index contributed by atoms with van der Waals surface area (Å²) in [4.78, 5) is 40.0. The third-order valence-electron chi connectivity index (χ3n) is 8.52. The van der Waals surface area contributed by atoms with E-state index in [1.165, 1.54) is 88.4 Å². The van der Waals surface area contributed by atoms with E-state index in [0.29, 0.717) is 6.54 Å². The first kappa shape index (κ1) is 31.5. The lowest BCUT2D eigenvalue weighted by Crippen LogP contribution is -2.54. The van der Waals surface area contributed by atoms with Crippen LogP contribution in [0.5, 0.6) is 0 Å². The summed E-state index contributed by atoms with van der Waals surface area (Å²) in [5, 5.41) is 6.39. The van der Waals surface area contributed by atoms with Gasteiger partial charge in [-0.25, -0.2) is 4.79 Å². The van der Waals surface area contributed by atoms with Crippen LogP contribution in [-0.4, -0.2) is 29.3 Å². The van der Waals surface area contributed by atoms with Crippen LogP contribution in [0.25, 0.3) is 27.6 Å². The molecule has 0 atom stereocenters. The smallest absolute Gasteiger partial charge is 0.273 e. The summed E-state index contributed by atoms with van der Waals surface area (Å²) in [7, 11) is 0. The molecule has 0 saturated carbocycles. The summed E-state index contributed by atoms with van der Waals surface area (Å²) in [6, 6.07) is 17.4. The van der Waals surface area contributed by atoms with E-state index in [4.69, 9.17) is 0 Å². The quantitative estimate of drug-likeness (QED) is 0.0719. The van der Waals surface area contributed by atoms with Crippen LogP contribution in [0.2, 0.25) is 0 Å². The zero-order chi connectivity index (χ0) is 29.6. The molecule has 1 saturated heterocycles. The van der Waals surface area contributed by atoms with Gasteiger partial charge in [0.2, 0.25) is 0 Å². The lowest BCUT2D eigenvalue weighted by Gasteiger charge is -2.26. The molecule has 0 aromatic heterocycles. The Morgan fingerprint density at radius 2 is 1.07 bits per heavy atom. The maximum atomic E-state index is 13.4. The Labute approximate surface area is 251 Å². The number of carbonyl (C=O) groups is 3. The summed E-state index contributed by atoms with van der Waals surface area (Å²) >= 11 is 0. The first-order valence-electron chi connectivity index (χ1n) is 16.4. The molecule has 5 nitrogen and oxygen atoms in total. The van der Waals surface area contributed by atoms with Gasteiger partial charge in [-0.1, -0.05) is 152 Å². The van der Waals surface area contributed by atoms with Crippen molar-refractivity contribution in [3.8, 4) is 0 Å². The van der Waals surface area contributed by atoms with Gasteiger partial charge in [-0.3, -0.25) is 19.8 Å². The van der Waals surface area contributed by atoms with Gasteiger partial charge >= 0.3 is 6.03 Å². The molecule has 42 heavy (non-hydrogen) atoms. The Hall–Kier alpha value is -3.47. The van der Waals surface area contributed by atoms with Crippen molar-refractivity contribution in [1.29, 1.82) is 0 Å². The van der Waals surface area contributed by atoms with Crippen molar-refractivity contribution >= 4 is 45.5 Å². The molecular formula is C37H48N2O3. The van der Waals surface area contributed by atoms with Gasteiger partial charge in [0.05, 0.1) is 0 Å². The minimum absolute atomic E-state index is 0.00704. The number of carbonyl (C=O) groups excluding carboxylic acids is 3. The zero-order valence-electron chi connectivity index (χ0n) is 25.5. The van der Waals surface area contributed by atoms with Crippen LogP contribution in [0.3, 0.4) is 0 Å². The van der Waals surface area contributed by atoms with Crippen LogP contribution in [0, 0.1) is 0 Å². The van der Waals surface area contributed by atoms with Crippen LogP contribution >= 0.6 is 0 Å². The van der Waals surface area contributed by atoms with Crippen molar-refractivity contribution in [2.75, 3.05) is 6.54 Å². The maximum absolute atomic E-state index is 13.4. The summed E-state index contributed by atoms with van der Waals surface area (Å²) in [5.41, 5.74) is 0.825. The lowest BCUT2D eigenvalue weighted by atomic mass is 9.94. The first-order chi connectivity index (χ1) is 20.6. The highest BCUT2D eigenvalue weighted by Gasteiger charge is 2.35. The standard InChI is InChI=1S/C37H48N2O3/c1-2-3-4-5-6-7-8-9-10-11-12-13-14-15-16-21-26-39-36(41)34(35(40)38-37(39)42)28-33-31-24-19-17-22-29(31)27-30-23-18-20-25-32(30)33/h17-20,22-25,27-28H,2-16,21,26H2,1H3,(H,38,40,42)/b34-28-. The summed E-state index contributed by atoms with van der Waals surface area (Å²) in [6.45, 7) is 2.59. The molecule has 3 aromatic rings. The predicted molar refractivity (Wildman–Crippen MR) is 174 cm³/mol. The van der Waals surface area contributed by atoms with E-state index in [2.05, 4.69) is 18.3 Å². The molecule has 1 N–H and O–H groups in total. The number of fused-ring (bicyclic) bond motifs is 2. The summed E-state index contributed by atoms with van der Waals surface area (Å²) < 4.78 is 0. The molecule has 3 aromatic carbocycles. The number of unbranched alkanes of at least 4 members (excludes halogenated alkanes) is 15. The predicted octanol–water partition coefficient (Wildman–Crippen LogP) is 9.72. The highest BCUT2D eigenvalue weighted by molar-refractivity contribution is 6.31. The van der Waals surface area contributed by atoms with Crippen molar-refractivity contribution in [3.05, 3.63) is 65.7 Å². The minimum atomic E-state index is -0.634. The van der Waals surface area contributed by atoms with E-state index in [0.717, 1.165) is 46.4 Å². The number of nitrogens with zero attached hydrogens (tertiary/aromatic N) is 1. The van der Waals surface area contributed by atoms with Crippen LogP contribution in [0.4, 0.5) is 4.79 Å². The van der Waals surface area contributed by atoms with E-state index in [1.807, 2.05) is 48.5 Å². The molecule has 1 heterocycles. The van der Waals surface area contributed by atoms with Gasteiger partial charge in [0.15, 0.2) is 0 Å². The van der Waals surface area contributed by atoms with Gasteiger partial charge in [-0.2, -0.15) is 0 Å². The van der Waals surface area contributed by atoms with Crippen LogP contribution < -0.4 is 5.32 Å². The van der Waals surface area contributed by atoms with Crippen LogP contribution in [0.1, 0.15) is 115 Å². The number of urea groups is 1. The average Bonchev–Trinajstić information content (AvgIpc) is 2.99. The second-order valence-electron chi connectivity index (χ2n) is 11.8. The molecule has 0 unspecified atom stereocenters. The summed E-state index contributed by atoms with van der Waals surface area (Å²) in [5.74, 6) is -1.15. The second kappa shape index (κ2) is 16.8. The second-order valence-corrected chi connectivity index (χ2v) is 11.8. The van der Waals surface area contributed by atoms with Crippen LogP contribution in [0.15, 0.2) is 60.2 Å².